The second-order valence-corrected chi connectivity index (χ2v) is 8.44. The lowest BCUT2D eigenvalue weighted by Gasteiger charge is -2.17. The van der Waals surface area contributed by atoms with Crippen LogP contribution in [-0.2, 0) is 9.59 Å². The van der Waals surface area contributed by atoms with Crippen LogP contribution in [-0.4, -0.2) is 18.4 Å². The summed E-state index contributed by atoms with van der Waals surface area (Å²) in [6.45, 7) is 8.20. The number of nitrogens with one attached hydrogen (secondary N) is 1. The van der Waals surface area contributed by atoms with Crippen LogP contribution in [0.1, 0.15) is 29.2 Å². The Morgan fingerprint density at radius 2 is 1.70 bits per heavy atom. The van der Waals surface area contributed by atoms with E-state index in [1.54, 1.807) is 30.3 Å². The second kappa shape index (κ2) is 9.12. The Bertz CT molecular complexity index is 1300. The summed E-state index contributed by atoms with van der Waals surface area (Å²) in [5.74, 6) is -0.225. The van der Waals surface area contributed by atoms with Gasteiger partial charge < -0.3 is 10.1 Å². The van der Waals surface area contributed by atoms with Crippen LogP contribution in [0.15, 0.2) is 66.4 Å². The molecule has 0 aromatic heterocycles. The first-order valence-corrected chi connectivity index (χ1v) is 11.1. The number of carbonyl (C=O) groups is 2. The predicted octanol–water partition coefficient (Wildman–Crippen LogP) is 6.06. The van der Waals surface area contributed by atoms with Crippen LogP contribution in [0.2, 0.25) is 5.02 Å². The Labute approximate surface area is 198 Å². The van der Waals surface area contributed by atoms with E-state index in [9.17, 15) is 9.59 Å². The number of carbonyl (C=O) groups excluding carboxylic acids is 2. The summed E-state index contributed by atoms with van der Waals surface area (Å²) in [6, 6.07) is 18.3. The highest BCUT2D eigenvalue weighted by atomic mass is 35.5. The highest BCUT2D eigenvalue weighted by molar-refractivity contribution is 6.46. The van der Waals surface area contributed by atoms with Crippen LogP contribution in [0.3, 0.4) is 0 Å². The van der Waals surface area contributed by atoms with Crippen LogP contribution < -0.4 is 15.0 Å². The molecule has 5 nitrogen and oxygen atoms in total. The van der Waals surface area contributed by atoms with Crippen molar-refractivity contribution in [3.05, 3.63) is 93.6 Å². The summed E-state index contributed by atoms with van der Waals surface area (Å²) in [5, 5.41) is 3.75. The molecule has 0 unspecified atom stereocenters. The van der Waals surface area contributed by atoms with Gasteiger partial charge in [-0.15, -0.1) is 0 Å². The van der Waals surface area contributed by atoms with Crippen molar-refractivity contribution in [2.75, 3.05) is 16.8 Å². The number of nitrogens with zero attached hydrogens (tertiary/aromatic N) is 1. The molecule has 0 atom stereocenters. The molecule has 0 bridgehead atoms. The quantitative estimate of drug-likeness (QED) is 0.454. The Balaban J connectivity index is 1.84. The first kappa shape index (κ1) is 22.6. The van der Waals surface area contributed by atoms with Crippen molar-refractivity contribution in [3.8, 4) is 5.75 Å². The minimum Gasteiger partial charge on any atom is -0.494 e. The molecule has 3 aromatic rings. The fraction of sp³-hybridized carbons (Fsp3) is 0.185. The molecule has 2 amide bonds. The lowest BCUT2D eigenvalue weighted by atomic mass is 9.97. The zero-order valence-corrected chi connectivity index (χ0v) is 19.8. The summed E-state index contributed by atoms with van der Waals surface area (Å²) in [4.78, 5) is 28.5. The molecule has 1 heterocycles. The van der Waals surface area contributed by atoms with E-state index in [0.717, 1.165) is 16.7 Å². The molecule has 168 valence electrons. The fourth-order valence-corrected chi connectivity index (χ4v) is 4.10. The van der Waals surface area contributed by atoms with E-state index in [1.807, 2.05) is 58.0 Å². The standard InChI is InChI=1S/C27H25ClN2O3/c1-5-33-21-8-6-7-20(15-21)30-26(31)24(22-12-9-16(2)13-18(22)4)25(27(30)32)29-19-11-10-17(3)23(28)14-19/h6-15,29H,5H2,1-4H3. The molecule has 0 spiro atoms. The summed E-state index contributed by atoms with van der Waals surface area (Å²) >= 11 is 6.30. The van der Waals surface area contributed by atoms with Gasteiger partial charge in [-0.25, -0.2) is 4.90 Å². The molecule has 0 saturated carbocycles. The van der Waals surface area contributed by atoms with E-state index in [0.29, 0.717) is 39.9 Å². The highest BCUT2D eigenvalue weighted by Crippen LogP contribution is 2.36. The number of amides is 2. The number of hydrogen-bond acceptors (Lipinski definition) is 4. The van der Waals surface area contributed by atoms with E-state index in [2.05, 4.69) is 5.32 Å². The van der Waals surface area contributed by atoms with E-state index in [-0.39, 0.29) is 11.6 Å². The average Bonchev–Trinajstić information content (AvgIpc) is 3.01. The predicted molar refractivity (Wildman–Crippen MR) is 133 cm³/mol. The van der Waals surface area contributed by atoms with Crippen LogP contribution in [0.4, 0.5) is 11.4 Å². The molecule has 3 aromatic carbocycles. The van der Waals surface area contributed by atoms with Crippen LogP contribution in [0, 0.1) is 20.8 Å². The number of hydrogen-bond donors (Lipinski definition) is 1. The molecule has 1 aliphatic heterocycles. The van der Waals surface area contributed by atoms with Crippen LogP contribution in [0.25, 0.3) is 5.57 Å². The van der Waals surface area contributed by atoms with Gasteiger partial charge in [-0.2, -0.15) is 0 Å². The summed E-state index contributed by atoms with van der Waals surface area (Å²) in [6.07, 6.45) is 0. The Hall–Kier alpha value is -3.57. The van der Waals surface area contributed by atoms with Gasteiger partial charge in [-0.1, -0.05) is 47.5 Å². The lowest BCUT2D eigenvalue weighted by Crippen LogP contribution is -2.32. The number of imide groups is 1. The molecule has 0 saturated heterocycles. The molecular formula is C27H25ClN2O3. The molecule has 4 rings (SSSR count). The van der Waals surface area contributed by atoms with Crippen molar-refractivity contribution in [2.45, 2.75) is 27.7 Å². The van der Waals surface area contributed by atoms with Gasteiger partial charge in [0, 0.05) is 16.8 Å². The van der Waals surface area contributed by atoms with E-state index in [1.165, 1.54) is 4.90 Å². The number of benzene rings is 3. The number of ether oxygens (including phenoxy) is 1. The first-order chi connectivity index (χ1) is 15.8. The smallest absolute Gasteiger partial charge is 0.282 e. The van der Waals surface area contributed by atoms with Gasteiger partial charge in [-0.05, 0) is 68.7 Å². The van der Waals surface area contributed by atoms with Gasteiger partial charge in [0.05, 0.1) is 17.9 Å². The lowest BCUT2D eigenvalue weighted by molar-refractivity contribution is -0.120. The van der Waals surface area contributed by atoms with Crippen LogP contribution >= 0.6 is 11.6 Å². The molecule has 1 N–H and O–H groups in total. The van der Waals surface area contributed by atoms with Gasteiger partial charge in [0.1, 0.15) is 11.4 Å². The highest BCUT2D eigenvalue weighted by Gasteiger charge is 2.41. The maximum atomic E-state index is 13.7. The van der Waals surface area contributed by atoms with Gasteiger partial charge in [0.15, 0.2) is 0 Å². The fourth-order valence-electron chi connectivity index (χ4n) is 3.92. The summed E-state index contributed by atoms with van der Waals surface area (Å²) < 4.78 is 5.57. The normalized spacial score (nSPS) is 13.7. The minimum atomic E-state index is -0.430. The Morgan fingerprint density at radius 3 is 2.39 bits per heavy atom. The monoisotopic (exact) mass is 460 g/mol. The van der Waals surface area contributed by atoms with Gasteiger partial charge >= 0.3 is 0 Å². The van der Waals surface area contributed by atoms with Crippen molar-refractivity contribution in [1.82, 2.24) is 0 Å². The first-order valence-electron chi connectivity index (χ1n) is 10.8. The SMILES string of the molecule is CCOc1cccc(N2C(=O)C(Nc3ccc(C)c(Cl)c3)=C(c3ccc(C)cc3C)C2=O)c1. The van der Waals surface area contributed by atoms with Crippen molar-refractivity contribution >= 4 is 40.4 Å². The largest absolute Gasteiger partial charge is 0.494 e. The molecule has 0 aliphatic carbocycles. The van der Waals surface area contributed by atoms with Crippen molar-refractivity contribution in [3.63, 3.8) is 0 Å². The van der Waals surface area contributed by atoms with Crippen molar-refractivity contribution in [1.29, 1.82) is 0 Å². The topological polar surface area (TPSA) is 58.6 Å². The zero-order valence-electron chi connectivity index (χ0n) is 19.0. The van der Waals surface area contributed by atoms with Crippen LogP contribution in [0.5, 0.6) is 5.75 Å². The van der Waals surface area contributed by atoms with Crippen molar-refractivity contribution < 1.29 is 14.3 Å². The molecule has 0 radical (unpaired) electrons. The second-order valence-electron chi connectivity index (χ2n) is 8.03. The number of anilines is 2. The molecular weight excluding hydrogens is 436 g/mol. The third kappa shape index (κ3) is 4.37. The van der Waals surface area contributed by atoms with E-state index < -0.39 is 5.91 Å². The number of aryl methyl sites for hydroxylation is 3. The summed E-state index contributed by atoms with van der Waals surface area (Å²) in [5.41, 5.74) is 5.26. The number of rotatable bonds is 6. The molecule has 0 fully saturated rings. The number of halogens is 1. The Kier molecular flexibility index (Phi) is 6.25. The molecule has 6 heteroatoms. The van der Waals surface area contributed by atoms with E-state index >= 15 is 0 Å². The average molecular weight is 461 g/mol. The van der Waals surface area contributed by atoms with Gasteiger partial charge in [-0.3, -0.25) is 9.59 Å². The van der Waals surface area contributed by atoms with Gasteiger partial charge in [0.2, 0.25) is 0 Å². The van der Waals surface area contributed by atoms with E-state index in [4.69, 9.17) is 16.3 Å². The molecule has 33 heavy (non-hydrogen) atoms. The van der Waals surface area contributed by atoms with Gasteiger partial charge in [0.25, 0.3) is 11.8 Å². The third-order valence-corrected chi connectivity index (χ3v) is 5.97. The minimum absolute atomic E-state index is 0.216. The molecule has 1 aliphatic rings. The zero-order chi connectivity index (χ0) is 23.7. The summed E-state index contributed by atoms with van der Waals surface area (Å²) in [7, 11) is 0. The third-order valence-electron chi connectivity index (χ3n) is 5.56. The maximum absolute atomic E-state index is 13.7. The van der Waals surface area contributed by atoms with Crippen molar-refractivity contribution in [2.24, 2.45) is 0 Å². The maximum Gasteiger partial charge on any atom is 0.282 e. The Morgan fingerprint density at radius 1 is 0.909 bits per heavy atom.